The van der Waals surface area contributed by atoms with E-state index in [4.69, 9.17) is 0 Å². The molecule has 0 aliphatic rings. The lowest BCUT2D eigenvalue weighted by molar-refractivity contribution is -0.139. The molecule has 164 valence electrons. The summed E-state index contributed by atoms with van der Waals surface area (Å²) in [6, 6.07) is 7.21. The number of hydrogen-bond donors (Lipinski definition) is 4. The molecule has 2 atom stereocenters. The van der Waals surface area contributed by atoms with Gasteiger partial charge in [-0.25, -0.2) is 14.2 Å². The summed E-state index contributed by atoms with van der Waals surface area (Å²) < 4.78 is 14.1. The SMILES string of the molecule is Cc1nc2[nH]cc(C(C)c3ccc(C(=O)NC(C(=O)O)c4ccccc4F)s3)c2c(=O)[nH]1. The van der Waals surface area contributed by atoms with Crippen molar-refractivity contribution in [2.24, 2.45) is 0 Å². The monoisotopic (exact) mass is 454 g/mol. The second-order valence-electron chi connectivity index (χ2n) is 7.31. The second-order valence-corrected chi connectivity index (χ2v) is 8.42. The molecule has 4 N–H and O–H groups in total. The van der Waals surface area contributed by atoms with Gasteiger partial charge in [0.15, 0.2) is 6.04 Å². The number of thiophene rings is 1. The van der Waals surface area contributed by atoms with Crippen LogP contribution in [-0.2, 0) is 4.79 Å². The normalized spacial score (nSPS) is 13.1. The van der Waals surface area contributed by atoms with Crippen LogP contribution in [0.3, 0.4) is 0 Å². The van der Waals surface area contributed by atoms with Gasteiger partial charge in [0, 0.05) is 22.6 Å². The van der Waals surface area contributed by atoms with E-state index >= 15 is 0 Å². The van der Waals surface area contributed by atoms with Gasteiger partial charge in [0.25, 0.3) is 11.5 Å². The fourth-order valence-electron chi connectivity index (χ4n) is 3.56. The van der Waals surface area contributed by atoms with Crippen LogP contribution in [0.15, 0.2) is 47.4 Å². The Morgan fingerprint density at radius 1 is 1.19 bits per heavy atom. The molecule has 10 heteroatoms. The predicted octanol–water partition coefficient (Wildman–Crippen LogP) is 3.47. The van der Waals surface area contributed by atoms with Crippen LogP contribution in [0.5, 0.6) is 0 Å². The summed E-state index contributed by atoms with van der Waals surface area (Å²) in [5, 5.41) is 12.3. The highest BCUT2D eigenvalue weighted by Crippen LogP contribution is 2.33. The maximum atomic E-state index is 14.1. The van der Waals surface area contributed by atoms with Gasteiger partial charge in [0.1, 0.15) is 17.3 Å². The Morgan fingerprint density at radius 2 is 1.94 bits per heavy atom. The Kier molecular flexibility index (Phi) is 5.62. The number of H-pyrrole nitrogens is 2. The smallest absolute Gasteiger partial charge is 0.331 e. The lowest BCUT2D eigenvalue weighted by Crippen LogP contribution is -2.33. The minimum atomic E-state index is -1.52. The molecule has 3 aromatic heterocycles. The molecule has 0 saturated carbocycles. The van der Waals surface area contributed by atoms with Gasteiger partial charge in [-0.1, -0.05) is 25.1 Å². The number of fused-ring (bicyclic) bond motifs is 1. The van der Waals surface area contributed by atoms with Gasteiger partial charge in [-0.2, -0.15) is 0 Å². The lowest BCUT2D eigenvalue weighted by atomic mass is 10.0. The first kappa shape index (κ1) is 21.4. The van der Waals surface area contributed by atoms with E-state index in [2.05, 4.69) is 20.3 Å². The number of benzene rings is 1. The van der Waals surface area contributed by atoms with Gasteiger partial charge in [-0.05, 0) is 30.7 Å². The van der Waals surface area contributed by atoms with E-state index in [0.29, 0.717) is 16.9 Å². The van der Waals surface area contributed by atoms with Crippen molar-refractivity contribution in [3.05, 3.63) is 85.5 Å². The molecular formula is C22H19FN4O4S. The molecule has 0 radical (unpaired) electrons. The molecule has 32 heavy (non-hydrogen) atoms. The number of carbonyl (C=O) groups excluding carboxylic acids is 1. The zero-order valence-corrected chi connectivity index (χ0v) is 17.9. The van der Waals surface area contributed by atoms with Crippen molar-refractivity contribution in [3.63, 3.8) is 0 Å². The molecule has 0 aliphatic carbocycles. The number of aryl methyl sites for hydroxylation is 1. The van der Waals surface area contributed by atoms with Crippen LogP contribution in [0, 0.1) is 12.7 Å². The molecule has 1 aromatic carbocycles. The zero-order valence-electron chi connectivity index (χ0n) is 17.1. The first-order valence-electron chi connectivity index (χ1n) is 9.72. The Balaban J connectivity index is 1.60. The summed E-state index contributed by atoms with van der Waals surface area (Å²) in [6.45, 7) is 3.59. The predicted molar refractivity (Wildman–Crippen MR) is 118 cm³/mol. The van der Waals surface area contributed by atoms with Crippen LogP contribution >= 0.6 is 11.3 Å². The van der Waals surface area contributed by atoms with E-state index < -0.39 is 23.7 Å². The van der Waals surface area contributed by atoms with Gasteiger partial charge in [0.05, 0.1) is 10.3 Å². The molecule has 1 amide bonds. The molecule has 4 rings (SSSR count). The number of hydrogen-bond acceptors (Lipinski definition) is 5. The van der Waals surface area contributed by atoms with Crippen molar-refractivity contribution < 1.29 is 19.1 Å². The summed E-state index contributed by atoms with van der Waals surface area (Å²) in [6.07, 6.45) is 1.72. The van der Waals surface area contributed by atoms with E-state index in [1.54, 1.807) is 25.3 Å². The third kappa shape index (κ3) is 3.92. The van der Waals surface area contributed by atoms with Crippen molar-refractivity contribution >= 4 is 34.2 Å². The molecule has 8 nitrogen and oxygen atoms in total. The number of carbonyl (C=O) groups is 2. The van der Waals surface area contributed by atoms with E-state index in [-0.39, 0.29) is 21.9 Å². The van der Waals surface area contributed by atoms with Gasteiger partial charge in [-0.3, -0.25) is 9.59 Å². The van der Waals surface area contributed by atoms with Crippen LogP contribution in [-0.4, -0.2) is 31.9 Å². The number of carboxylic acid groups (broad SMARTS) is 1. The van der Waals surface area contributed by atoms with Crippen molar-refractivity contribution in [1.82, 2.24) is 20.3 Å². The van der Waals surface area contributed by atoms with Crippen molar-refractivity contribution in [2.45, 2.75) is 25.8 Å². The zero-order chi connectivity index (χ0) is 23.0. The van der Waals surface area contributed by atoms with Crippen molar-refractivity contribution in [2.75, 3.05) is 0 Å². The third-order valence-corrected chi connectivity index (χ3v) is 6.44. The largest absolute Gasteiger partial charge is 0.479 e. The molecule has 0 fully saturated rings. The fraction of sp³-hybridized carbons (Fsp3) is 0.182. The maximum absolute atomic E-state index is 14.1. The fourth-order valence-corrected chi connectivity index (χ4v) is 4.54. The summed E-state index contributed by atoms with van der Waals surface area (Å²) >= 11 is 1.17. The van der Waals surface area contributed by atoms with Gasteiger partial charge in [0.2, 0.25) is 0 Å². The molecule has 0 bridgehead atoms. The number of rotatable bonds is 6. The number of aromatic nitrogens is 3. The number of carboxylic acids is 1. The van der Waals surface area contributed by atoms with E-state index in [1.807, 2.05) is 6.92 Å². The summed E-state index contributed by atoms with van der Waals surface area (Å²) in [5.74, 6) is -2.43. The second kappa shape index (κ2) is 8.39. The Hall–Kier alpha value is -3.79. The van der Waals surface area contributed by atoms with Crippen molar-refractivity contribution in [1.29, 1.82) is 0 Å². The lowest BCUT2D eigenvalue weighted by Gasteiger charge is -2.15. The Morgan fingerprint density at radius 3 is 2.66 bits per heavy atom. The molecule has 4 aromatic rings. The topological polar surface area (TPSA) is 128 Å². The number of aliphatic carboxylic acids is 1. The van der Waals surface area contributed by atoms with Crippen molar-refractivity contribution in [3.8, 4) is 0 Å². The summed E-state index contributed by atoms with van der Waals surface area (Å²) in [5.41, 5.74) is 0.841. The summed E-state index contributed by atoms with van der Waals surface area (Å²) in [7, 11) is 0. The number of nitrogens with zero attached hydrogens (tertiary/aromatic N) is 1. The average Bonchev–Trinajstić information content (AvgIpc) is 3.39. The Labute approximate surface area is 185 Å². The van der Waals surface area contributed by atoms with Crippen LogP contribution in [0.2, 0.25) is 0 Å². The minimum Gasteiger partial charge on any atom is -0.479 e. The van der Waals surface area contributed by atoms with Gasteiger partial charge >= 0.3 is 5.97 Å². The van der Waals surface area contributed by atoms with Crippen LogP contribution in [0.4, 0.5) is 4.39 Å². The molecular weight excluding hydrogens is 435 g/mol. The van der Waals surface area contributed by atoms with Crippen LogP contribution in [0.25, 0.3) is 11.0 Å². The molecule has 0 aliphatic heterocycles. The quantitative estimate of drug-likeness (QED) is 0.355. The molecule has 0 spiro atoms. The number of aromatic amines is 2. The first-order chi connectivity index (χ1) is 15.3. The van der Waals surface area contributed by atoms with Crippen LogP contribution in [0.1, 0.15) is 50.4 Å². The average molecular weight is 454 g/mol. The number of amides is 1. The molecule has 2 unspecified atom stereocenters. The van der Waals surface area contributed by atoms with E-state index in [9.17, 15) is 23.9 Å². The highest BCUT2D eigenvalue weighted by Gasteiger charge is 2.26. The standard InChI is InChI=1S/C22H19FN4O4S/c1-10(13-9-24-19-17(13)21(29)26-11(2)25-19)15-7-8-16(32-15)20(28)27-18(22(30)31)12-5-3-4-6-14(12)23/h3-10,18H,1-2H3,(H,27,28)(H,30,31)(H2,24,25,26,29). The maximum Gasteiger partial charge on any atom is 0.331 e. The highest BCUT2D eigenvalue weighted by molar-refractivity contribution is 7.14. The molecule has 0 saturated heterocycles. The van der Waals surface area contributed by atoms with Gasteiger partial charge < -0.3 is 20.4 Å². The highest BCUT2D eigenvalue weighted by atomic mass is 32.1. The van der Waals surface area contributed by atoms with E-state index in [1.165, 1.54) is 29.5 Å². The minimum absolute atomic E-state index is 0.126. The third-order valence-electron chi connectivity index (χ3n) is 5.17. The van der Waals surface area contributed by atoms with Gasteiger partial charge in [-0.15, -0.1) is 11.3 Å². The first-order valence-corrected chi connectivity index (χ1v) is 10.5. The number of nitrogens with one attached hydrogen (secondary N) is 3. The van der Waals surface area contributed by atoms with E-state index in [0.717, 1.165) is 16.5 Å². The van der Waals surface area contributed by atoms with Crippen LogP contribution < -0.4 is 10.9 Å². The molecule has 3 heterocycles. The summed E-state index contributed by atoms with van der Waals surface area (Å²) in [4.78, 5) is 47.8. The Bertz CT molecular complexity index is 1390. The number of halogens is 1.